The first-order valence-corrected chi connectivity index (χ1v) is 11.5. The Morgan fingerprint density at radius 2 is 1.61 bits per heavy atom. The number of halogens is 3. The molecule has 0 N–H and O–H groups in total. The topological polar surface area (TPSA) is 51.5 Å². The molecule has 0 radical (unpaired) electrons. The number of nitrogens with zero attached hydrogens (tertiary/aromatic N) is 1. The van der Waals surface area contributed by atoms with Crippen LogP contribution < -0.4 is 14.2 Å². The molecule has 31 heavy (non-hydrogen) atoms. The summed E-state index contributed by atoms with van der Waals surface area (Å²) in [5.41, 5.74) is 2.99. The van der Waals surface area contributed by atoms with Gasteiger partial charge in [-0.2, -0.15) is 5.26 Å². The molecule has 0 saturated carbocycles. The van der Waals surface area contributed by atoms with Gasteiger partial charge in [0, 0.05) is 14.5 Å². The fourth-order valence-corrected chi connectivity index (χ4v) is 4.55. The summed E-state index contributed by atoms with van der Waals surface area (Å²) in [4.78, 5) is 0. The maximum Gasteiger partial charge on any atom is 0.161 e. The van der Waals surface area contributed by atoms with Gasteiger partial charge in [-0.15, -0.1) is 0 Å². The zero-order chi connectivity index (χ0) is 22.4. The normalized spacial score (nSPS) is 11.0. The molecule has 0 bridgehead atoms. The van der Waals surface area contributed by atoms with E-state index in [9.17, 15) is 5.26 Å². The predicted molar refractivity (Wildman–Crippen MR) is 133 cm³/mol. The molecule has 0 aliphatic rings. The van der Waals surface area contributed by atoms with Gasteiger partial charge >= 0.3 is 0 Å². The molecule has 0 saturated heterocycles. The summed E-state index contributed by atoms with van der Waals surface area (Å²) in [7, 11) is 3.14. The summed E-state index contributed by atoms with van der Waals surface area (Å²) >= 11 is 10.5. The Bertz CT molecular complexity index is 1150. The Labute approximate surface area is 206 Å². The van der Waals surface area contributed by atoms with Crippen LogP contribution in [0.4, 0.5) is 0 Å². The molecule has 0 aliphatic heterocycles. The van der Waals surface area contributed by atoms with Crippen LogP contribution in [0, 0.1) is 11.3 Å². The minimum absolute atomic E-state index is 0.395. The summed E-state index contributed by atoms with van der Waals surface area (Å²) in [6, 6.07) is 19.4. The Morgan fingerprint density at radius 1 is 0.903 bits per heavy atom. The number of nitriles is 1. The molecule has 0 amide bonds. The summed E-state index contributed by atoms with van der Waals surface area (Å²) in [5.74, 6) is 1.81. The van der Waals surface area contributed by atoms with Gasteiger partial charge in [0.25, 0.3) is 0 Å². The van der Waals surface area contributed by atoms with Crippen LogP contribution >= 0.6 is 47.8 Å². The second-order valence-electron chi connectivity index (χ2n) is 6.46. The first-order chi connectivity index (χ1) is 14.9. The highest BCUT2D eigenvalue weighted by molar-refractivity contribution is 9.11. The fraction of sp³-hybridized carbons (Fsp3) is 0.125. The highest BCUT2D eigenvalue weighted by Gasteiger charge is 2.13. The maximum absolute atomic E-state index is 9.84. The van der Waals surface area contributed by atoms with Crippen molar-refractivity contribution in [2.45, 2.75) is 6.61 Å². The molecule has 0 unspecified atom stereocenters. The molecule has 0 aromatic heterocycles. The molecular formula is C24H18Br3NO3. The van der Waals surface area contributed by atoms with Crippen LogP contribution in [-0.2, 0) is 6.61 Å². The number of rotatable bonds is 7. The van der Waals surface area contributed by atoms with E-state index in [1.807, 2.05) is 42.5 Å². The van der Waals surface area contributed by atoms with Crippen LogP contribution in [0.15, 0.2) is 68.0 Å². The lowest BCUT2D eigenvalue weighted by molar-refractivity contribution is 0.303. The van der Waals surface area contributed by atoms with Crippen molar-refractivity contribution < 1.29 is 14.2 Å². The Morgan fingerprint density at radius 3 is 2.26 bits per heavy atom. The molecule has 7 heteroatoms. The second kappa shape index (κ2) is 10.9. The zero-order valence-corrected chi connectivity index (χ0v) is 21.5. The van der Waals surface area contributed by atoms with E-state index in [-0.39, 0.29) is 0 Å². The van der Waals surface area contributed by atoms with Crippen LogP contribution in [0.1, 0.15) is 16.7 Å². The van der Waals surface area contributed by atoms with Gasteiger partial charge < -0.3 is 14.2 Å². The molecule has 3 rings (SSSR count). The second-order valence-corrected chi connectivity index (χ2v) is 9.15. The lowest BCUT2D eigenvalue weighted by Crippen LogP contribution is -1.98. The van der Waals surface area contributed by atoms with Gasteiger partial charge in [-0.3, -0.25) is 0 Å². The molecule has 0 fully saturated rings. The van der Waals surface area contributed by atoms with Gasteiger partial charge in [0.15, 0.2) is 11.5 Å². The van der Waals surface area contributed by atoms with E-state index in [0.29, 0.717) is 29.4 Å². The van der Waals surface area contributed by atoms with Crippen molar-refractivity contribution in [3.63, 3.8) is 0 Å². The molecule has 4 nitrogen and oxygen atoms in total. The van der Waals surface area contributed by atoms with Crippen molar-refractivity contribution in [1.29, 1.82) is 5.26 Å². The first kappa shape index (κ1) is 23.4. The van der Waals surface area contributed by atoms with Crippen LogP contribution in [0.2, 0.25) is 0 Å². The van der Waals surface area contributed by atoms with E-state index in [1.54, 1.807) is 32.4 Å². The fourth-order valence-electron chi connectivity index (χ4n) is 2.92. The molecule has 3 aromatic carbocycles. The molecule has 0 heterocycles. The van der Waals surface area contributed by atoms with Crippen molar-refractivity contribution in [1.82, 2.24) is 0 Å². The van der Waals surface area contributed by atoms with Crippen molar-refractivity contribution >= 4 is 59.4 Å². The Kier molecular flexibility index (Phi) is 8.19. The van der Waals surface area contributed by atoms with E-state index >= 15 is 0 Å². The molecule has 3 aromatic rings. The largest absolute Gasteiger partial charge is 0.493 e. The molecule has 0 spiro atoms. The number of hydrogen-bond acceptors (Lipinski definition) is 4. The standard InChI is InChI=1S/C24H18Br3NO3/c1-29-22-8-5-16(11-23(22)30-2)18(13-28)9-17-10-20(26)12-21(27)24(17)31-14-15-3-6-19(25)7-4-15/h3-12H,14H2,1-2H3/b18-9+. The van der Waals surface area contributed by atoms with Crippen LogP contribution in [-0.4, -0.2) is 14.2 Å². The van der Waals surface area contributed by atoms with Gasteiger partial charge in [0.1, 0.15) is 12.4 Å². The van der Waals surface area contributed by atoms with Crippen molar-refractivity contribution in [2.24, 2.45) is 0 Å². The summed E-state index contributed by atoms with van der Waals surface area (Å²) in [5, 5.41) is 9.84. The highest BCUT2D eigenvalue weighted by Crippen LogP contribution is 2.37. The van der Waals surface area contributed by atoms with E-state index in [1.165, 1.54) is 0 Å². The third kappa shape index (κ3) is 5.91. The minimum atomic E-state index is 0.395. The van der Waals surface area contributed by atoms with Crippen LogP contribution in [0.25, 0.3) is 11.6 Å². The van der Waals surface area contributed by atoms with E-state index in [0.717, 1.165) is 30.1 Å². The van der Waals surface area contributed by atoms with Gasteiger partial charge in [-0.25, -0.2) is 0 Å². The monoisotopic (exact) mass is 605 g/mol. The van der Waals surface area contributed by atoms with Crippen molar-refractivity contribution in [3.8, 4) is 23.3 Å². The van der Waals surface area contributed by atoms with E-state index in [4.69, 9.17) is 14.2 Å². The summed E-state index contributed by atoms with van der Waals surface area (Å²) in [6.45, 7) is 0.395. The van der Waals surface area contributed by atoms with Crippen LogP contribution in [0.3, 0.4) is 0 Å². The van der Waals surface area contributed by atoms with E-state index < -0.39 is 0 Å². The third-order valence-corrected chi connectivity index (χ3v) is 6.02. The Hall–Kier alpha value is -2.27. The SMILES string of the molecule is COc1ccc(/C(C#N)=C/c2cc(Br)cc(Br)c2OCc2ccc(Br)cc2)cc1OC. The summed E-state index contributed by atoms with van der Waals surface area (Å²) < 4.78 is 19.5. The van der Waals surface area contributed by atoms with Gasteiger partial charge in [-0.05, 0) is 75.6 Å². The van der Waals surface area contributed by atoms with Gasteiger partial charge in [-0.1, -0.05) is 44.0 Å². The van der Waals surface area contributed by atoms with Crippen molar-refractivity contribution in [3.05, 3.63) is 84.7 Å². The zero-order valence-electron chi connectivity index (χ0n) is 16.8. The molecule has 0 aliphatic carbocycles. The highest BCUT2D eigenvalue weighted by atomic mass is 79.9. The number of ether oxygens (including phenoxy) is 3. The number of methoxy groups -OCH3 is 2. The average molecular weight is 608 g/mol. The molecular weight excluding hydrogens is 590 g/mol. The first-order valence-electron chi connectivity index (χ1n) is 9.15. The lowest BCUT2D eigenvalue weighted by Gasteiger charge is -2.13. The number of allylic oxidation sites excluding steroid dienone is 1. The average Bonchev–Trinajstić information content (AvgIpc) is 2.77. The van der Waals surface area contributed by atoms with Gasteiger partial charge in [0.2, 0.25) is 0 Å². The minimum Gasteiger partial charge on any atom is -0.493 e. The smallest absolute Gasteiger partial charge is 0.161 e. The van der Waals surface area contributed by atoms with Crippen LogP contribution in [0.5, 0.6) is 17.2 Å². The maximum atomic E-state index is 9.84. The quantitative estimate of drug-likeness (QED) is 0.205. The molecule has 0 atom stereocenters. The summed E-state index contributed by atoms with van der Waals surface area (Å²) in [6.07, 6.45) is 1.80. The Balaban J connectivity index is 1.99. The third-order valence-electron chi connectivity index (χ3n) is 4.45. The predicted octanol–water partition coefficient (Wildman–Crippen LogP) is 7.63. The lowest BCUT2D eigenvalue weighted by atomic mass is 10.0. The van der Waals surface area contributed by atoms with Gasteiger partial charge in [0.05, 0.1) is 30.3 Å². The van der Waals surface area contributed by atoms with E-state index in [2.05, 4.69) is 53.9 Å². The number of hydrogen-bond donors (Lipinski definition) is 0. The number of benzene rings is 3. The van der Waals surface area contributed by atoms with Crippen molar-refractivity contribution in [2.75, 3.05) is 14.2 Å². The molecule has 158 valence electrons.